The fraction of sp³-hybridized carbons (Fsp3) is 0.462. The molecule has 2 rings (SSSR count). The number of amides is 1. The predicted molar refractivity (Wildman–Crippen MR) is 105 cm³/mol. The smallest absolute Gasteiger partial charge is 0.247 e. The van der Waals surface area contributed by atoms with Crippen molar-refractivity contribution in [3.8, 4) is 0 Å². The number of primary sulfonamides is 1. The largest absolute Gasteiger partial charge is 0.370 e. The molecule has 15 nitrogen and oxygen atoms in total. The lowest BCUT2D eigenvalue weighted by atomic mass is 10.3. The number of fused-ring (bicyclic) bond motifs is 1. The quantitative estimate of drug-likeness (QED) is 0.228. The molecule has 0 saturated heterocycles. The topological polar surface area (TPSA) is 207 Å². The van der Waals surface area contributed by atoms with Crippen molar-refractivity contribution in [2.75, 3.05) is 44.8 Å². The van der Waals surface area contributed by atoms with E-state index in [1.165, 1.54) is 0 Å². The van der Waals surface area contributed by atoms with E-state index >= 15 is 0 Å². The molecule has 1 aromatic carbocycles. The van der Waals surface area contributed by atoms with Crippen LogP contribution in [0.2, 0.25) is 5.02 Å². The second kappa shape index (κ2) is 10.1. The number of rotatable bonds is 11. The van der Waals surface area contributed by atoms with E-state index in [0.29, 0.717) is 0 Å². The number of hydrogen-bond donors (Lipinski definition) is 2. The summed E-state index contributed by atoms with van der Waals surface area (Å²) in [6.07, 6.45) is 0. The van der Waals surface area contributed by atoms with Gasteiger partial charge in [0.05, 0.1) is 37.0 Å². The molecule has 1 aliphatic heterocycles. The first-order chi connectivity index (χ1) is 14.5. The molecule has 0 spiro atoms. The number of carbonyl (C=O) groups is 1. The monoisotopic (exact) mass is 500 g/mol. The Kier molecular flexibility index (Phi) is 8.07. The van der Waals surface area contributed by atoms with E-state index in [1.54, 1.807) is 0 Å². The molecule has 3 N–H and O–H groups in total. The van der Waals surface area contributed by atoms with Crippen LogP contribution in [0, 0.1) is 9.81 Å². The molecule has 0 bridgehead atoms. The first-order valence-corrected chi connectivity index (χ1v) is 11.7. The number of carbonyl (C=O) groups excluding carboxylic acids is 1. The molecule has 0 aromatic heterocycles. The molecule has 1 aliphatic rings. The molecule has 0 radical (unpaired) electrons. The summed E-state index contributed by atoms with van der Waals surface area (Å²) >= 11 is 5.87. The summed E-state index contributed by atoms with van der Waals surface area (Å²) in [7, 11) is -8.63. The summed E-state index contributed by atoms with van der Waals surface area (Å²) in [5.41, 5.74) is 0.0360. The lowest BCUT2D eigenvalue weighted by Crippen LogP contribution is -2.48. The van der Waals surface area contributed by atoms with Gasteiger partial charge in [0.25, 0.3) is 0 Å². The minimum atomic E-state index is -4.32. The van der Waals surface area contributed by atoms with Crippen LogP contribution in [0.3, 0.4) is 0 Å². The van der Waals surface area contributed by atoms with E-state index in [-0.39, 0.29) is 43.7 Å². The first-order valence-electron chi connectivity index (χ1n) is 8.29. The average Bonchev–Trinajstić information content (AvgIpc) is 2.67. The van der Waals surface area contributed by atoms with Gasteiger partial charge in [0.15, 0.2) is 10.7 Å². The van der Waals surface area contributed by atoms with Crippen molar-refractivity contribution in [2.45, 2.75) is 9.79 Å². The maximum absolute atomic E-state index is 12.9. The van der Waals surface area contributed by atoms with Gasteiger partial charge >= 0.3 is 0 Å². The number of halogens is 1. The van der Waals surface area contributed by atoms with Crippen molar-refractivity contribution >= 4 is 43.2 Å². The lowest BCUT2D eigenvalue weighted by Gasteiger charge is -2.31. The summed E-state index contributed by atoms with van der Waals surface area (Å²) in [6, 6.07) is 1.91. The summed E-state index contributed by atoms with van der Waals surface area (Å²) in [6.45, 7) is -1.86. The molecule has 1 heterocycles. The van der Waals surface area contributed by atoms with Crippen molar-refractivity contribution < 1.29 is 31.3 Å². The fourth-order valence-corrected chi connectivity index (χ4v) is 5.27. The van der Waals surface area contributed by atoms with Crippen molar-refractivity contribution in [1.82, 2.24) is 9.21 Å². The minimum absolute atomic E-state index is 0.0360. The van der Waals surface area contributed by atoms with Gasteiger partial charge < -0.3 is 19.9 Å². The zero-order valence-corrected chi connectivity index (χ0v) is 18.0. The number of nitrogens with one attached hydrogen (secondary N) is 1. The highest BCUT2D eigenvalue weighted by molar-refractivity contribution is 7.90. The molecule has 0 saturated carbocycles. The molecule has 0 atom stereocenters. The highest BCUT2D eigenvalue weighted by Gasteiger charge is 2.35. The highest BCUT2D eigenvalue weighted by Crippen LogP contribution is 2.35. The van der Waals surface area contributed by atoms with Crippen molar-refractivity contribution in [3.05, 3.63) is 27.0 Å². The summed E-state index contributed by atoms with van der Waals surface area (Å²) < 4.78 is 50.0. The SMILES string of the molecule is NS(=O)(=O)c1cc2c(cc1Cl)NCN(CC(=O)N(CCON=O)CCON=O)S2(=O)=O. The molecule has 1 aromatic rings. The second-order valence-electron chi connectivity index (χ2n) is 5.97. The Morgan fingerprint density at radius 2 is 1.81 bits per heavy atom. The second-order valence-corrected chi connectivity index (χ2v) is 9.81. The Morgan fingerprint density at radius 3 is 2.32 bits per heavy atom. The molecule has 172 valence electrons. The van der Waals surface area contributed by atoms with Gasteiger partial charge in [-0.25, -0.2) is 22.0 Å². The summed E-state index contributed by atoms with van der Waals surface area (Å²) in [5.74, 6) is -0.724. The summed E-state index contributed by atoms with van der Waals surface area (Å²) in [5, 5.41) is 11.9. The third-order valence-corrected chi connectivity index (χ3v) is 7.29. The third kappa shape index (κ3) is 5.97. The highest BCUT2D eigenvalue weighted by atomic mass is 35.5. The maximum Gasteiger partial charge on any atom is 0.247 e. The molecular formula is C13H17ClN6O9S2. The number of hydrogen-bond acceptors (Lipinski definition) is 12. The van der Waals surface area contributed by atoms with Crippen molar-refractivity contribution in [1.29, 1.82) is 0 Å². The normalized spacial score (nSPS) is 15.3. The van der Waals surface area contributed by atoms with Crippen LogP contribution in [0.25, 0.3) is 0 Å². The molecule has 18 heteroatoms. The molecule has 0 aliphatic carbocycles. The van der Waals surface area contributed by atoms with Crippen LogP contribution >= 0.6 is 11.6 Å². The predicted octanol–water partition coefficient (Wildman–Crippen LogP) is -0.414. The van der Waals surface area contributed by atoms with Gasteiger partial charge in [-0.05, 0) is 12.1 Å². The van der Waals surface area contributed by atoms with E-state index in [0.717, 1.165) is 21.3 Å². The summed E-state index contributed by atoms with van der Waals surface area (Å²) in [4.78, 5) is 41.3. The van der Waals surface area contributed by atoms with Crippen LogP contribution in [0.15, 0.2) is 32.6 Å². The van der Waals surface area contributed by atoms with Crippen LogP contribution in [0.5, 0.6) is 0 Å². The number of sulfonamides is 2. The van der Waals surface area contributed by atoms with Gasteiger partial charge in [-0.3, -0.25) is 4.79 Å². The molecule has 1 amide bonds. The Morgan fingerprint density at radius 1 is 1.23 bits per heavy atom. The lowest BCUT2D eigenvalue weighted by molar-refractivity contribution is -0.133. The van der Waals surface area contributed by atoms with Crippen LogP contribution in [0.1, 0.15) is 0 Å². The van der Waals surface area contributed by atoms with Crippen LogP contribution in [-0.2, 0) is 34.5 Å². The van der Waals surface area contributed by atoms with E-state index in [1.807, 2.05) is 0 Å². The molecular weight excluding hydrogens is 484 g/mol. The van der Waals surface area contributed by atoms with Gasteiger partial charge in [0, 0.05) is 0 Å². The minimum Gasteiger partial charge on any atom is -0.370 e. The van der Waals surface area contributed by atoms with Gasteiger partial charge in [-0.15, -0.1) is 9.81 Å². The average molecular weight is 501 g/mol. The van der Waals surface area contributed by atoms with Crippen LogP contribution < -0.4 is 10.5 Å². The van der Waals surface area contributed by atoms with Gasteiger partial charge in [-0.1, -0.05) is 11.6 Å². The van der Waals surface area contributed by atoms with E-state index in [4.69, 9.17) is 16.7 Å². The standard InChI is InChI=1S/C13H17ClN6O9S2/c14-9-5-10-12(6-11(9)30(15,24)25)31(26,27)20(8-16-10)7-13(21)19(1-3-28-17-22)2-4-29-18-23/h5-6,16H,1-4,7-8H2,(H2,15,24,25). The molecule has 0 fully saturated rings. The Bertz CT molecular complexity index is 1050. The zero-order valence-electron chi connectivity index (χ0n) is 15.6. The molecule has 31 heavy (non-hydrogen) atoms. The maximum atomic E-state index is 12.9. The van der Waals surface area contributed by atoms with Gasteiger partial charge in [0.1, 0.15) is 23.0 Å². The Hall–Kier alpha value is -2.60. The Balaban J connectivity index is 2.26. The van der Waals surface area contributed by atoms with Crippen molar-refractivity contribution in [3.63, 3.8) is 0 Å². The number of anilines is 1. The van der Waals surface area contributed by atoms with Crippen LogP contribution in [-0.4, -0.2) is 71.5 Å². The third-order valence-electron chi connectivity index (χ3n) is 4.08. The number of benzene rings is 1. The zero-order chi connectivity index (χ0) is 23.2. The van der Waals surface area contributed by atoms with Gasteiger partial charge in [-0.2, -0.15) is 4.31 Å². The van der Waals surface area contributed by atoms with Crippen LogP contribution in [0.4, 0.5) is 5.69 Å². The van der Waals surface area contributed by atoms with Crippen molar-refractivity contribution in [2.24, 2.45) is 15.8 Å². The van der Waals surface area contributed by atoms with Gasteiger partial charge in [0.2, 0.25) is 26.0 Å². The van der Waals surface area contributed by atoms with E-state index in [2.05, 4.69) is 25.7 Å². The first kappa shape index (κ1) is 24.7. The molecule has 0 unspecified atom stereocenters. The number of nitrogens with zero attached hydrogens (tertiary/aromatic N) is 4. The van der Waals surface area contributed by atoms with E-state index in [9.17, 15) is 31.4 Å². The van der Waals surface area contributed by atoms with E-state index < -0.39 is 42.3 Å². The Labute approximate surface area is 181 Å². The number of nitrogens with two attached hydrogens (primary N) is 1. The fourth-order valence-electron chi connectivity index (χ4n) is 2.63.